The average Bonchev–Trinajstić information content (AvgIpc) is 4.10. The summed E-state index contributed by atoms with van der Waals surface area (Å²) in [6.07, 6.45) is 0. The first-order valence-electron chi connectivity index (χ1n) is 20.5. The van der Waals surface area contributed by atoms with Crippen LogP contribution in [0.1, 0.15) is 0 Å². The van der Waals surface area contributed by atoms with Crippen molar-refractivity contribution in [2.75, 3.05) is 0 Å². The van der Waals surface area contributed by atoms with Gasteiger partial charge in [-0.25, -0.2) is 4.57 Å². The molecule has 9 aromatic carbocycles. The van der Waals surface area contributed by atoms with Crippen molar-refractivity contribution in [3.63, 3.8) is 0 Å². The van der Waals surface area contributed by atoms with Gasteiger partial charge in [0.25, 0.3) is 5.82 Å². The van der Waals surface area contributed by atoms with E-state index >= 15 is 0 Å². The van der Waals surface area contributed by atoms with E-state index in [-0.39, 0.29) is 0 Å². The zero-order valence-corrected chi connectivity index (χ0v) is 32.0. The summed E-state index contributed by atoms with van der Waals surface area (Å²) < 4.78 is 16.0. The first-order valence-corrected chi connectivity index (χ1v) is 20.5. The Labute approximate surface area is 339 Å². The van der Waals surface area contributed by atoms with Gasteiger partial charge >= 0.3 is 5.65 Å². The van der Waals surface area contributed by atoms with Crippen molar-refractivity contribution in [1.29, 1.82) is 0 Å². The maximum atomic E-state index is 6.77. The van der Waals surface area contributed by atoms with Crippen LogP contribution < -0.4 is 4.57 Å². The summed E-state index contributed by atoms with van der Waals surface area (Å²) in [5.41, 5.74) is 9.69. The summed E-state index contributed by atoms with van der Waals surface area (Å²) in [6.45, 7) is 0. The number of para-hydroxylation sites is 4. The summed E-state index contributed by atoms with van der Waals surface area (Å²) >= 11 is 0. The Kier molecular flexibility index (Phi) is 5.57. The van der Waals surface area contributed by atoms with Gasteiger partial charge < -0.3 is 8.92 Å². The van der Waals surface area contributed by atoms with Gasteiger partial charge in [-0.15, -0.1) is 0 Å². The van der Waals surface area contributed by atoms with Crippen LogP contribution in [0.25, 0.3) is 132 Å². The molecule has 0 atom stereocenters. The summed E-state index contributed by atoms with van der Waals surface area (Å²) in [5, 5.41) is 15.7. The molecule has 0 saturated heterocycles. The summed E-state index contributed by atoms with van der Waals surface area (Å²) in [5.74, 6) is 1.69. The quantitative estimate of drug-likeness (QED) is 0.165. The number of rotatable bonds is 2. The number of benzene rings is 9. The Balaban J connectivity index is 1.15. The van der Waals surface area contributed by atoms with Crippen LogP contribution in [-0.4, -0.2) is 18.5 Å². The third kappa shape index (κ3) is 3.66. The molecule has 6 nitrogen and oxygen atoms in total. The number of aromatic nitrogens is 5. The second kappa shape index (κ2) is 10.8. The molecule has 0 unspecified atom stereocenters. The van der Waals surface area contributed by atoms with Gasteiger partial charge in [0.15, 0.2) is 5.58 Å². The van der Waals surface area contributed by atoms with Gasteiger partial charge in [-0.3, -0.25) is 4.57 Å². The van der Waals surface area contributed by atoms with Crippen molar-refractivity contribution < 1.29 is 9.10 Å². The van der Waals surface area contributed by atoms with Gasteiger partial charge in [0.05, 0.1) is 33.6 Å². The van der Waals surface area contributed by atoms with E-state index in [0.29, 0.717) is 0 Å². The van der Waals surface area contributed by atoms with E-state index < -0.39 is 0 Å². The molecule has 0 N–H and O–H groups in total. The highest BCUT2D eigenvalue weighted by atomic mass is 16.5. The number of fused-ring (bicyclic) bond motifs is 20. The Morgan fingerprint density at radius 2 is 1.00 bits per heavy atom. The third-order valence-corrected chi connectivity index (χ3v) is 13.2. The van der Waals surface area contributed by atoms with Crippen LogP contribution in [-0.2, 0) is 0 Å². The molecule has 0 aliphatic heterocycles. The maximum absolute atomic E-state index is 6.77. The van der Waals surface area contributed by atoms with E-state index in [2.05, 4.69) is 183 Å². The molecule has 6 heteroatoms. The average molecular weight is 765 g/mol. The molecule has 6 aromatic heterocycles. The lowest BCUT2D eigenvalue weighted by Gasteiger charge is -2.08. The van der Waals surface area contributed by atoms with E-state index in [1.165, 1.54) is 81.2 Å². The van der Waals surface area contributed by atoms with Gasteiger partial charge in [0.1, 0.15) is 16.4 Å². The molecular weight excluding hydrogens is 735 g/mol. The Morgan fingerprint density at radius 1 is 0.383 bits per heavy atom. The molecule has 0 radical (unpaired) electrons. The smallest absolute Gasteiger partial charge is 0.314 e. The van der Waals surface area contributed by atoms with E-state index in [4.69, 9.17) is 9.51 Å². The molecule has 276 valence electrons. The standard InChI is InChI=1S/C54H30N5O/c1-3-15-33-31(13-1)26-28-44-49(33)36-18-6-11-23-43(36)57(44)48-30-47(55-54-38-20-8-12-24-46(38)60-59(48)54)56-42-22-10-7-19-37(42)50-45(56)29-40-35-17-5-9-21-41(35)58-52-34-16-4-2-14-32(34)25-27-39(52)51(50)53(40)58/h1-30H/q+1. The lowest BCUT2D eigenvalue weighted by Crippen LogP contribution is -2.27. The zero-order valence-electron chi connectivity index (χ0n) is 32.0. The molecular formula is C54H30N5O+. The fraction of sp³-hybridized carbons (Fsp3) is 0. The minimum Gasteiger partial charge on any atom is -0.316 e. The van der Waals surface area contributed by atoms with E-state index in [1.807, 2.05) is 16.7 Å². The van der Waals surface area contributed by atoms with Crippen LogP contribution in [0, 0.1) is 0 Å². The molecule has 15 rings (SSSR count). The predicted octanol–water partition coefficient (Wildman–Crippen LogP) is 13.2. The molecule has 0 spiro atoms. The molecule has 15 aromatic rings. The summed E-state index contributed by atoms with van der Waals surface area (Å²) in [7, 11) is 0. The van der Waals surface area contributed by atoms with Gasteiger partial charge in [-0.05, 0) is 63.2 Å². The first kappa shape index (κ1) is 30.9. The van der Waals surface area contributed by atoms with Gasteiger partial charge in [-0.2, -0.15) is 0 Å². The first-order chi connectivity index (χ1) is 29.8. The number of hydrogen-bond acceptors (Lipinski definition) is 2. The number of hydrogen-bond donors (Lipinski definition) is 0. The lowest BCUT2D eigenvalue weighted by molar-refractivity contribution is -0.708. The van der Waals surface area contributed by atoms with E-state index in [1.54, 1.807) is 0 Å². The van der Waals surface area contributed by atoms with Crippen LogP contribution in [0.5, 0.6) is 0 Å². The maximum Gasteiger partial charge on any atom is 0.314 e. The highest BCUT2D eigenvalue weighted by molar-refractivity contribution is 6.37. The molecule has 0 aliphatic carbocycles. The van der Waals surface area contributed by atoms with Crippen LogP contribution in [0.3, 0.4) is 0 Å². The van der Waals surface area contributed by atoms with Crippen LogP contribution in [0.2, 0.25) is 0 Å². The van der Waals surface area contributed by atoms with Crippen molar-refractivity contribution in [2.45, 2.75) is 0 Å². The highest BCUT2D eigenvalue weighted by Crippen LogP contribution is 2.48. The van der Waals surface area contributed by atoms with Crippen molar-refractivity contribution in [3.8, 4) is 11.6 Å². The molecule has 0 saturated carbocycles. The van der Waals surface area contributed by atoms with Gasteiger partial charge in [0.2, 0.25) is 5.82 Å². The summed E-state index contributed by atoms with van der Waals surface area (Å²) in [6, 6.07) is 65.8. The van der Waals surface area contributed by atoms with Gasteiger partial charge in [0, 0.05) is 48.5 Å². The minimum atomic E-state index is 0.759. The fourth-order valence-electron chi connectivity index (χ4n) is 10.8. The SMILES string of the molecule is c1ccc2c(c1)ccc1c2c2ccccc2n1-c1cc(-n2c3ccccc3c3c4c5ccc6ccccc6c5n5c6ccccc6c(cc32)c45)nc2c3ccccc3o[n+]12. The largest absolute Gasteiger partial charge is 0.316 e. The van der Waals surface area contributed by atoms with Crippen molar-refractivity contribution in [3.05, 3.63) is 182 Å². The Morgan fingerprint density at radius 3 is 1.82 bits per heavy atom. The second-order valence-electron chi connectivity index (χ2n) is 16.1. The topological polar surface area (TPSA) is 44.4 Å². The Bertz CT molecular complexity index is 4370. The zero-order chi connectivity index (χ0) is 38.8. The molecule has 0 bridgehead atoms. The predicted molar refractivity (Wildman–Crippen MR) is 246 cm³/mol. The van der Waals surface area contributed by atoms with Crippen molar-refractivity contribution in [2.24, 2.45) is 0 Å². The lowest BCUT2D eigenvalue weighted by atomic mass is 10.00. The third-order valence-electron chi connectivity index (χ3n) is 13.2. The van der Waals surface area contributed by atoms with Gasteiger partial charge in [-0.1, -0.05) is 138 Å². The van der Waals surface area contributed by atoms with Crippen LogP contribution in [0.4, 0.5) is 0 Å². The monoisotopic (exact) mass is 764 g/mol. The van der Waals surface area contributed by atoms with Crippen LogP contribution in [0.15, 0.2) is 187 Å². The minimum absolute atomic E-state index is 0.759. The second-order valence-corrected chi connectivity index (χ2v) is 16.1. The highest BCUT2D eigenvalue weighted by Gasteiger charge is 2.30. The molecule has 6 heterocycles. The van der Waals surface area contributed by atoms with E-state index in [0.717, 1.165) is 50.3 Å². The van der Waals surface area contributed by atoms with Crippen molar-refractivity contribution >= 4 is 120 Å². The van der Waals surface area contributed by atoms with E-state index in [9.17, 15) is 0 Å². The Hall–Kier alpha value is -8.22. The van der Waals surface area contributed by atoms with Crippen LogP contribution >= 0.6 is 0 Å². The number of nitrogens with zero attached hydrogens (tertiary/aromatic N) is 5. The molecule has 0 amide bonds. The van der Waals surface area contributed by atoms with Crippen molar-refractivity contribution in [1.82, 2.24) is 18.5 Å². The fourth-order valence-corrected chi connectivity index (χ4v) is 10.8. The molecule has 0 aliphatic rings. The normalized spacial score (nSPS) is 12.7. The molecule has 0 fully saturated rings. The summed E-state index contributed by atoms with van der Waals surface area (Å²) in [4.78, 5) is 5.58. The molecule has 60 heavy (non-hydrogen) atoms.